The first-order valence-corrected chi connectivity index (χ1v) is 12.3. The Morgan fingerprint density at radius 1 is 1.29 bits per heavy atom. The van der Waals surface area contributed by atoms with Crippen LogP contribution in [0, 0.1) is 0 Å². The molecule has 9 heteroatoms. The highest BCUT2D eigenvalue weighted by Crippen LogP contribution is 2.33. The second-order valence-corrected chi connectivity index (χ2v) is 9.32. The van der Waals surface area contributed by atoms with Crippen LogP contribution in [0.25, 0.3) is 6.08 Å². The number of ether oxygens (including phenoxy) is 3. The van der Waals surface area contributed by atoms with E-state index in [4.69, 9.17) is 14.2 Å². The summed E-state index contributed by atoms with van der Waals surface area (Å²) in [7, 11) is 1.56. The van der Waals surface area contributed by atoms with Gasteiger partial charge in [-0.05, 0) is 49.1 Å². The van der Waals surface area contributed by atoms with Crippen molar-refractivity contribution < 1.29 is 19.0 Å². The van der Waals surface area contributed by atoms with Gasteiger partial charge in [0, 0.05) is 4.88 Å². The Morgan fingerprint density at radius 2 is 2.12 bits per heavy atom. The Kier molecular flexibility index (Phi) is 7.14. The minimum Gasteiger partial charge on any atom is -0.493 e. The number of aromatic nitrogens is 1. The van der Waals surface area contributed by atoms with E-state index >= 15 is 0 Å². The van der Waals surface area contributed by atoms with Crippen LogP contribution in [0.2, 0.25) is 0 Å². The lowest BCUT2D eigenvalue weighted by Gasteiger charge is -2.23. The van der Waals surface area contributed by atoms with Crippen LogP contribution in [-0.2, 0) is 9.53 Å². The molecule has 1 atom stereocenters. The number of methoxy groups -OCH3 is 1. The minimum absolute atomic E-state index is 0.220. The van der Waals surface area contributed by atoms with Gasteiger partial charge in [0.15, 0.2) is 16.3 Å². The number of nitrogens with zero attached hydrogens (tertiary/aromatic N) is 2. The number of thiophene rings is 1. The number of thiazole rings is 1. The van der Waals surface area contributed by atoms with Crippen molar-refractivity contribution in [2.24, 2.45) is 4.99 Å². The van der Waals surface area contributed by atoms with E-state index in [9.17, 15) is 9.59 Å². The van der Waals surface area contributed by atoms with Crippen molar-refractivity contribution in [1.82, 2.24) is 4.57 Å². The molecule has 7 nitrogen and oxygen atoms in total. The van der Waals surface area contributed by atoms with E-state index in [1.165, 1.54) is 22.7 Å². The first-order chi connectivity index (χ1) is 16.5. The summed E-state index contributed by atoms with van der Waals surface area (Å²) in [4.78, 5) is 32.4. The first kappa shape index (κ1) is 23.7. The van der Waals surface area contributed by atoms with Crippen molar-refractivity contribution in [3.05, 3.63) is 89.8 Å². The van der Waals surface area contributed by atoms with E-state index in [2.05, 4.69) is 11.6 Å². The molecule has 0 saturated heterocycles. The number of fused-ring (bicyclic) bond motifs is 1. The molecule has 4 rings (SSSR count). The quantitative estimate of drug-likeness (QED) is 0.353. The molecule has 0 unspecified atom stereocenters. The number of allylic oxidation sites excluding steroid dienone is 1. The highest BCUT2D eigenvalue weighted by atomic mass is 32.1. The van der Waals surface area contributed by atoms with Crippen LogP contribution in [0.1, 0.15) is 30.3 Å². The smallest absolute Gasteiger partial charge is 0.338 e. The van der Waals surface area contributed by atoms with Crippen LogP contribution < -0.4 is 24.4 Å². The van der Waals surface area contributed by atoms with Crippen LogP contribution in [0.4, 0.5) is 0 Å². The fourth-order valence-corrected chi connectivity index (χ4v) is 5.57. The molecule has 0 fully saturated rings. The van der Waals surface area contributed by atoms with E-state index in [0.29, 0.717) is 38.7 Å². The summed E-state index contributed by atoms with van der Waals surface area (Å²) in [6.45, 7) is 7.79. The molecule has 176 valence electrons. The average molecular weight is 497 g/mol. The van der Waals surface area contributed by atoms with Gasteiger partial charge in [0.25, 0.3) is 5.56 Å². The maximum Gasteiger partial charge on any atom is 0.338 e. The van der Waals surface area contributed by atoms with Crippen molar-refractivity contribution in [1.29, 1.82) is 0 Å². The van der Waals surface area contributed by atoms with Gasteiger partial charge in [-0.2, -0.15) is 0 Å². The van der Waals surface area contributed by atoms with Crippen molar-refractivity contribution in [2.45, 2.75) is 19.9 Å². The molecule has 0 spiro atoms. The third-order valence-electron chi connectivity index (χ3n) is 5.17. The Labute approximate surface area is 204 Å². The molecule has 0 aliphatic carbocycles. The van der Waals surface area contributed by atoms with Crippen molar-refractivity contribution >= 4 is 34.7 Å². The summed E-state index contributed by atoms with van der Waals surface area (Å²) in [5.74, 6) is 0.685. The Morgan fingerprint density at radius 3 is 2.79 bits per heavy atom. The van der Waals surface area contributed by atoms with Gasteiger partial charge in [-0.1, -0.05) is 36.1 Å². The molecule has 0 bridgehead atoms. The van der Waals surface area contributed by atoms with Crippen LogP contribution in [0.3, 0.4) is 0 Å². The Hall–Kier alpha value is -3.43. The molecule has 3 aromatic rings. The normalized spacial score (nSPS) is 15.5. The summed E-state index contributed by atoms with van der Waals surface area (Å²) in [6, 6.07) is 8.69. The monoisotopic (exact) mass is 496 g/mol. The molecule has 0 saturated carbocycles. The van der Waals surface area contributed by atoms with Crippen LogP contribution in [0.15, 0.2) is 69.4 Å². The number of carbonyl (C=O) groups excluding carboxylic acids is 1. The summed E-state index contributed by atoms with van der Waals surface area (Å²) in [6.07, 6.45) is 3.45. The van der Waals surface area contributed by atoms with Gasteiger partial charge in [0.1, 0.15) is 12.6 Å². The first-order valence-electron chi connectivity index (χ1n) is 10.6. The van der Waals surface area contributed by atoms with Crippen molar-refractivity contribution in [3.63, 3.8) is 0 Å². The zero-order valence-corrected chi connectivity index (χ0v) is 20.7. The van der Waals surface area contributed by atoms with Gasteiger partial charge in [-0.3, -0.25) is 9.36 Å². The van der Waals surface area contributed by atoms with Gasteiger partial charge in [-0.25, -0.2) is 9.79 Å². The fraction of sp³-hybridized carbons (Fsp3) is 0.240. The summed E-state index contributed by atoms with van der Waals surface area (Å²) in [5.41, 5.74) is 1.49. The van der Waals surface area contributed by atoms with Crippen LogP contribution in [-0.4, -0.2) is 30.9 Å². The second-order valence-electron chi connectivity index (χ2n) is 7.33. The number of esters is 1. The molecule has 0 radical (unpaired) electrons. The molecular formula is C25H24N2O5S2. The number of hydrogen-bond donors (Lipinski definition) is 0. The standard InChI is InChI=1S/C25H24N2O5S2/c1-5-11-32-17-10-9-16(13-18(17)30-4)14-20-23(28)27-22(19-8-7-12-33-19)21(24(29)31-6-2)15(3)26-25(27)34-20/h5,7-10,12-14,22H,1,6,11H2,2-4H3/b20-14+/t22-/m0/s1. The lowest BCUT2D eigenvalue weighted by atomic mass is 10.0. The zero-order valence-electron chi connectivity index (χ0n) is 19.1. The minimum atomic E-state index is -0.582. The largest absolute Gasteiger partial charge is 0.493 e. The van der Waals surface area contributed by atoms with Crippen LogP contribution >= 0.6 is 22.7 Å². The molecule has 0 N–H and O–H groups in total. The van der Waals surface area contributed by atoms with Crippen molar-refractivity contribution in [2.75, 3.05) is 20.3 Å². The SMILES string of the molecule is C=CCOc1ccc(/C=c2/sc3n(c2=O)[C@@H](c2cccs2)C(C(=O)OCC)=C(C)N=3)cc1OC. The summed E-state index contributed by atoms with van der Waals surface area (Å²) >= 11 is 2.76. The number of rotatable bonds is 8. The summed E-state index contributed by atoms with van der Waals surface area (Å²) in [5, 5.41) is 1.92. The van der Waals surface area contributed by atoms with Gasteiger partial charge < -0.3 is 14.2 Å². The zero-order chi connectivity index (χ0) is 24.2. The molecule has 1 aromatic carbocycles. The average Bonchev–Trinajstić information content (AvgIpc) is 3.46. The molecular weight excluding hydrogens is 472 g/mol. The van der Waals surface area contributed by atoms with Gasteiger partial charge >= 0.3 is 5.97 Å². The fourth-order valence-electron chi connectivity index (χ4n) is 3.70. The third kappa shape index (κ3) is 4.49. The Bertz CT molecular complexity index is 1430. The van der Waals surface area contributed by atoms with Gasteiger partial charge in [0.2, 0.25) is 0 Å². The molecule has 0 amide bonds. The molecule has 2 aromatic heterocycles. The van der Waals surface area contributed by atoms with E-state index < -0.39 is 12.0 Å². The molecule has 3 heterocycles. The predicted molar refractivity (Wildman–Crippen MR) is 133 cm³/mol. The Balaban J connectivity index is 1.85. The van der Waals surface area contributed by atoms with Crippen LogP contribution in [0.5, 0.6) is 11.5 Å². The lowest BCUT2D eigenvalue weighted by molar-refractivity contribution is -0.139. The molecule has 1 aliphatic heterocycles. The third-order valence-corrected chi connectivity index (χ3v) is 7.08. The summed E-state index contributed by atoms with van der Waals surface area (Å²) < 4.78 is 18.4. The van der Waals surface area contributed by atoms with Gasteiger partial charge in [-0.15, -0.1) is 11.3 Å². The molecule has 1 aliphatic rings. The van der Waals surface area contributed by atoms with E-state index in [-0.39, 0.29) is 12.2 Å². The topological polar surface area (TPSA) is 79.1 Å². The van der Waals surface area contributed by atoms with Crippen molar-refractivity contribution in [3.8, 4) is 11.5 Å². The second kappa shape index (κ2) is 10.2. The number of carbonyl (C=O) groups is 1. The maximum atomic E-state index is 13.6. The maximum absolute atomic E-state index is 13.6. The molecule has 34 heavy (non-hydrogen) atoms. The lowest BCUT2D eigenvalue weighted by Crippen LogP contribution is -2.39. The highest BCUT2D eigenvalue weighted by Gasteiger charge is 2.33. The number of hydrogen-bond acceptors (Lipinski definition) is 8. The highest BCUT2D eigenvalue weighted by molar-refractivity contribution is 7.10. The van der Waals surface area contributed by atoms with Gasteiger partial charge in [0.05, 0.1) is 29.5 Å². The van der Waals surface area contributed by atoms with E-state index in [1.54, 1.807) is 43.7 Å². The van der Waals surface area contributed by atoms with E-state index in [0.717, 1.165) is 10.4 Å². The van der Waals surface area contributed by atoms with E-state index in [1.807, 2.05) is 29.6 Å². The predicted octanol–water partition coefficient (Wildman–Crippen LogP) is 3.43. The number of benzene rings is 1.